The van der Waals surface area contributed by atoms with Crippen LogP contribution in [0.1, 0.15) is 51.4 Å². The van der Waals surface area contributed by atoms with Gasteiger partial charge in [-0.1, -0.05) is 19.9 Å². The first-order valence-corrected chi connectivity index (χ1v) is 12.0. The van der Waals surface area contributed by atoms with Crippen molar-refractivity contribution < 1.29 is 23.8 Å². The zero-order valence-electron chi connectivity index (χ0n) is 20.5. The fourth-order valence-electron chi connectivity index (χ4n) is 3.43. The van der Waals surface area contributed by atoms with Crippen molar-refractivity contribution in [3.63, 3.8) is 0 Å². The lowest BCUT2D eigenvalue weighted by Crippen LogP contribution is -2.32. The minimum Gasteiger partial charge on any atom is -0.493 e. The van der Waals surface area contributed by atoms with Crippen LogP contribution in [-0.2, 0) is 6.42 Å². The van der Waals surface area contributed by atoms with Gasteiger partial charge in [0.2, 0.25) is 5.75 Å². The second-order valence-corrected chi connectivity index (χ2v) is 8.90. The Hall–Kier alpha value is -3.66. The highest BCUT2D eigenvalue weighted by molar-refractivity contribution is 7.09. The molecule has 3 rings (SSSR count). The van der Waals surface area contributed by atoms with Gasteiger partial charge < -0.3 is 24.8 Å². The van der Waals surface area contributed by atoms with E-state index < -0.39 is 0 Å². The van der Waals surface area contributed by atoms with Crippen molar-refractivity contribution in [1.29, 1.82) is 0 Å². The lowest BCUT2D eigenvalue weighted by molar-refractivity contribution is 0.0924. The van der Waals surface area contributed by atoms with E-state index in [1.165, 1.54) is 32.7 Å². The van der Waals surface area contributed by atoms with Gasteiger partial charge in [-0.15, -0.1) is 11.3 Å². The molecule has 1 aromatic carbocycles. The number of nitrogens with zero attached hydrogens (tertiary/aromatic N) is 2. The first-order chi connectivity index (χ1) is 16.9. The van der Waals surface area contributed by atoms with Crippen molar-refractivity contribution in [2.45, 2.75) is 26.3 Å². The van der Waals surface area contributed by atoms with Gasteiger partial charge in [0, 0.05) is 35.8 Å². The Labute approximate surface area is 208 Å². The van der Waals surface area contributed by atoms with Crippen LogP contribution in [0.4, 0.5) is 0 Å². The molecule has 186 valence electrons. The maximum absolute atomic E-state index is 13.1. The number of amides is 2. The minimum atomic E-state index is -0.387. The molecule has 0 spiro atoms. The molecule has 2 amide bonds. The van der Waals surface area contributed by atoms with Crippen molar-refractivity contribution >= 4 is 23.2 Å². The Morgan fingerprint density at radius 3 is 2.31 bits per heavy atom. The summed E-state index contributed by atoms with van der Waals surface area (Å²) >= 11 is 1.33. The van der Waals surface area contributed by atoms with E-state index in [1.54, 1.807) is 23.7 Å². The molecule has 0 saturated heterocycles. The molecule has 0 fully saturated rings. The Bertz CT molecular complexity index is 1120. The number of carbonyl (C=O) groups is 2. The largest absolute Gasteiger partial charge is 0.493 e. The number of pyridine rings is 1. The number of thiazole rings is 1. The molecular weight excluding hydrogens is 468 g/mol. The molecule has 1 atom stereocenters. The third-order valence-corrected chi connectivity index (χ3v) is 6.22. The lowest BCUT2D eigenvalue weighted by atomic mass is 10.0. The molecule has 3 aromatic rings. The van der Waals surface area contributed by atoms with Crippen LogP contribution >= 0.6 is 11.3 Å². The smallest absolute Gasteiger partial charge is 0.270 e. The summed E-state index contributed by atoms with van der Waals surface area (Å²) in [6.45, 7) is 4.41. The number of aromatic nitrogens is 2. The predicted octanol–water partition coefficient (Wildman–Crippen LogP) is 3.66. The summed E-state index contributed by atoms with van der Waals surface area (Å²) < 4.78 is 16.0. The molecule has 9 nitrogen and oxygen atoms in total. The Balaban J connectivity index is 1.70. The van der Waals surface area contributed by atoms with Crippen LogP contribution in [0.5, 0.6) is 17.2 Å². The van der Waals surface area contributed by atoms with E-state index in [1.807, 2.05) is 32.0 Å². The van der Waals surface area contributed by atoms with E-state index in [0.29, 0.717) is 46.5 Å². The zero-order chi connectivity index (χ0) is 25.4. The van der Waals surface area contributed by atoms with E-state index in [-0.39, 0.29) is 23.8 Å². The van der Waals surface area contributed by atoms with Crippen LogP contribution in [0.25, 0.3) is 0 Å². The molecule has 35 heavy (non-hydrogen) atoms. The average Bonchev–Trinajstić information content (AvgIpc) is 3.36. The number of methoxy groups -OCH3 is 3. The van der Waals surface area contributed by atoms with Gasteiger partial charge in [-0.2, -0.15) is 0 Å². The Morgan fingerprint density at radius 2 is 1.74 bits per heavy atom. The van der Waals surface area contributed by atoms with Crippen LogP contribution in [0.15, 0.2) is 41.9 Å². The molecule has 0 aliphatic rings. The van der Waals surface area contributed by atoms with E-state index in [0.717, 1.165) is 5.69 Å². The van der Waals surface area contributed by atoms with E-state index in [9.17, 15) is 9.59 Å². The topological polar surface area (TPSA) is 112 Å². The van der Waals surface area contributed by atoms with Gasteiger partial charge in [0.05, 0.1) is 27.4 Å². The molecular formula is C25H30N4O5S. The molecule has 0 aliphatic heterocycles. The van der Waals surface area contributed by atoms with Crippen LogP contribution in [0.3, 0.4) is 0 Å². The first-order valence-electron chi connectivity index (χ1n) is 11.1. The number of benzene rings is 1. The van der Waals surface area contributed by atoms with Gasteiger partial charge in [0.1, 0.15) is 10.7 Å². The standard InChI is InChI=1S/C25H30N4O5S/c1-15(2)21(29-23(30)16-12-19(32-3)22(34-5)20(13-16)33-4)25-28-18(14-35-25)24(31)27-11-9-17-8-6-7-10-26-17/h6-8,10,12-15,21H,9,11H2,1-5H3,(H,27,31)(H,29,30)/t21-/m0/s1. The van der Waals surface area contributed by atoms with Crippen LogP contribution in [-0.4, -0.2) is 49.7 Å². The summed E-state index contributed by atoms with van der Waals surface area (Å²) in [7, 11) is 4.49. The van der Waals surface area contributed by atoms with E-state index in [4.69, 9.17) is 14.2 Å². The SMILES string of the molecule is COc1cc(C(=O)N[C@H](c2nc(C(=O)NCCc3ccccn3)cs2)C(C)C)cc(OC)c1OC. The highest BCUT2D eigenvalue weighted by atomic mass is 32.1. The number of ether oxygens (including phenoxy) is 3. The molecule has 2 aromatic heterocycles. The summed E-state index contributed by atoms with van der Waals surface area (Å²) in [5.74, 6) is 0.633. The van der Waals surface area contributed by atoms with Gasteiger partial charge in [-0.05, 0) is 30.2 Å². The number of hydrogen-bond donors (Lipinski definition) is 2. The summed E-state index contributed by atoms with van der Waals surface area (Å²) in [5, 5.41) is 8.24. The van der Waals surface area contributed by atoms with Crippen molar-refractivity contribution in [2.24, 2.45) is 5.92 Å². The second-order valence-electron chi connectivity index (χ2n) is 8.01. The molecule has 0 radical (unpaired) electrons. The van der Waals surface area contributed by atoms with Gasteiger partial charge in [-0.3, -0.25) is 14.6 Å². The number of rotatable bonds is 11. The van der Waals surface area contributed by atoms with Crippen molar-refractivity contribution in [2.75, 3.05) is 27.9 Å². The fourth-order valence-corrected chi connectivity index (χ4v) is 4.45. The van der Waals surface area contributed by atoms with Gasteiger partial charge in [0.15, 0.2) is 11.5 Å². The zero-order valence-corrected chi connectivity index (χ0v) is 21.3. The minimum absolute atomic E-state index is 0.0344. The first kappa shape index (κ1) is 26.0. The molecule has 2 N–H and O–H groups in total. The highest BCUT2D eigenvalue weighted by Gasteiger charge is 2.25. The number of carbonyl (C=O) groups excluding carboxylic acids is 2. The molecule has 2 heterocycles. The summed E-state index contributed by atoms with van der Waals surface area (Å²) in [5.41, 5.74) is 1.58. The normalized spacial score (nSPS) is 11.6. The van der Waals surface area contributed by atoms with E-state index in [2.05, 4.69) is 20.6 Å². The molecule has 0 bridgehead atoms. The Kier molecular flexibility index (Phi) is 9.02. The highest BCUT2D eigenvalue weighted by Crippen LogP contribution is 2.38. The quantitative estimate of drug-likeness (QED) is 0.415. The molecule has 10 heteroatoms. The van der Waals surface area contributed by atoms with Crippen molar-refractivity contribution in [3.05, 3.63) is 63.9 Å². The Morgan fingerprint density at radius 1 is 1.03 bits per heavy atom. The average molecular weight is 499 g/mol. The summed E-state index contributed by atoms with van der Waals surface area (Å²) in [6, 6.07) is 8.48. The van der Waals surface area contributed by atoms with Crippen molar-refractivity contribution in [1.82, 2.24) is 20.6 Å². The maximum atomic E-state index is 13.1. The maximum Gasteiger partial charge on any atom is 0.270 e. The van der Waals surface area contributed by atoms with Gasteiger partial charge in [-0.25, -0.2) is 4.98 Å². The fraction of sp³-hybridized carbons (Fsp3) is 0.360. The summed E-state index contributed by atoms with van der Waals surface area (Å²) in [4.78, 5) is 34.4. The molecule has 0 unspecified atom stereocenters. The van der Waals surface area contributed by atoms with E-state index >= 15 is 0 Å². The lowest BCUT2D eigenvalue weighted by Gasteiger charge is -2.21. The summed E-state index contributed by atoms with van der Waals surface area (Å²) in [6.07, 6.45) is 2.35. The number of nitrogens with one attached hydrogen (secondary N) is 2. The van der Waals surface area contributed by atoms with Crippen molar-refractivity contribution in [3.8, 4) is 17.2 Å². The number of hydrogen-bond acceptors (Lipinski definition) is 8. The third kappa shape index (κ3) is 6.48. The third-order valence-electron chi connectivity index (χ3n) is 5.29. The van der Waals surface area contributed by atoms with Crippen LogP contribution < -0.4 is 24.8 Å². The monoisotopic (exact) mass is 498 g/mol. The van der Waals surface area contributed by atoms with Gasteiger partial charge >= 0.3 is 0 Å². The van der Waals surface area contributed by atoms with Crippen LogP contribution in [0, 0.1) is 5.92 Å². The predicted molar refractivity (Wildman–Crippen MR) is 134 cm³/mol. The van der Waals surface area contributed by atoms with Gasteiger partial charge in [0.25, 0.3) is 11.8 Å². The second kappa shape index (κ2) is 12.2. The molecule has 0 saturated carbocycles. The molecule has 0 aliphatic carbocycles. The van der Waals surface area contributed by atoms with Crippen LogP contribution in [0.2, 0.25) is 0 Å².